The first-order valence-corrected chi connectivity index (χ1v) is 9.52. The molecule has 0 atom stereocenters. The smallest absolute Gasteiger partial charge is 0.251 e. The van der Waals surface area contributed by atoms with Crippen LogP contribution in [0.1, 0.15) is 28.8 Å². The largest absolute Gasteiger partial charge is 0.355 e. The lowest BCUT2D eigenvalue weighted by atomic mass is 10.0. The summed E-state index contributed by atoms with van der Waals surface area (Å²) in [5, 5.41) is 10.6. The van der Waals surface area contributed by atoms with Crippen LogP contribution in [0, 0.1) is 12.7 Å². The average Bonchev–Trinajstić information content (AvgIpc) is 3.19. The molecular weight excluding hydrogens is 355 g/mol. The van der Waals surface area contributed by atoms with Gasteiger partial charge in [-0.3, -0.25) is 9.89 Å². The minimum absolute atomic E-state index is 0.0134. The molecule has 0 spiro atoms. The number of hydrogen-bond donors (Lipinski definition) is 2. The van der Waals surface area contributed by atoms with E-state index in [0.29, 0.717) is 5.56 Å². The Bertz CT molecular complexity index is 959. The molecule has 0 saturated carbocycles. The van der Waals surface area contributed by atoms with Crippen LogP contribution in [-0.4, -0.2) is 35.2 Å². The number of amides is 1. The maximum atomic E-state index is 13.1. The summed E-state index contributed by atoms with van der Waals surface area (Å²) in [5.74, 6) is 0.613. The summed E-state index contributed by atoms with van der Waals surface area (Å²) in [6, 6.07) is 16.2. The first-order chi connectivity index (χ1) is 13.6. The van der Waals surface area contributed by atoms with Gasteiger partial charge in [-0.1, -0.05) is 17.7 Å². The van der Waals surface area contributed by atoms with E-state index < -0.39 is 0 Å². The Morgan fingerprint density at radius 1 is 1.14 bits per heavy atom. The van der Waals surface area contributed by atoms with Gasteiger partial charge < -0.3 is 10.2 Å². The summed E-state index contributed by atoms with van der Waals surface area (Å²) in [6.07, 6.45) is 1.74. The highest BCUT2D eigenvalue weighted by Crippen LogP contribution is 2.24. The number of aromatic amines is 1. The maximum Gasteiger partial charge on any atom is 0.251 e. The monoisotopic (exact) mass is 378 g/mol. The van der Waals surface area contributed by atoms with E-state index in [4.69, 9.17) is 0 Å². The van der Waals surface area contributed by atoms with Crippen molar-refractivity contribution >= 4 is 11.7 Å². The van der Waals surface area contributed by atoms with Crippen LogP contribution in [0.15, 0.2) is 54.6 Å². The molecule has 5 nitrogen and oxygen atoms in total. The highest BCUT2D eigenvalue weighted by atomic mass is 19.1. The molecule has 0 unspecified atom stereocenters. The van der Waals surface area contributed by atoms with Gasteiger partial charge in [0.15, 0.2) is 5.82 Å². The fourth-order valence-electron chi connectivity index (χ4n) is 3.56. The number of piperidine rings is 1. The molecule has 1 aliphatic heterocycles. The number of aryl methyl sites for hydroxylation is 1. The Morgan fingerprint density at radius 3 is 2.61 bits per heavy atom. The molecule has 2 N–H and O–H groups in total. The summed E-state index contributed by atoms with van der Waals surface area (Å²) in [4.78, 5) is 14.6. The summed E-state index contributed by atoms with van der Waals surface area (Å²) < 4.78 is 13.1. The van der Waals surface area contributed by atoms with Crippen LogP contribution in [0.5, 0.6) is 0 Å². The van der Waals surface area contributed by atoms with Gasteiger partial charge in [-0.05, 0) is 61.7 Å². The van der Waals surface area contributed by atoms with Gasteiger partial charge in [-0.2, -0.15) is 5.10 Å². The third kappa shape index (κ3) is 4.06. The van der Waals surface area contributed by atoms with Crippen LogP contribution >= 0.6 is 0 Å². The molecule has 28 heavy (non-hydrogen) atoms. The zero-order chi connectivity index (χ0) is 19.5. The molecule has 3 aromatic rings. The molecular formula is C22H23FN4O. The molecule has 0 bridgehead atoms. The van der Waals surface area contributed by atoms with E-state index in [2.05, 4.69) is 20.4 Å². The zero-order valence-corrected chi connectivity index (χ0v) is 15.8. The van der Waals surface area contributed by atoms with Crippen LogP contribution in [0.2, 0.25) is 0 Å². The zero-order valence-electron chi connectivity index (χ0n) is 15.8. The highest BCUT2D eigenvalue weighted by molar-refractivity contribution is 5.94. The van der Waals surface area contributed by atoms with Crippen LogP contribution < -0.4 is 10.2 Å². The van der Waals surface area contributed by atoms with Crippen molar-refractivity contribution in [2.24, 2.45) is 0 Å². The number of hydrogen-bond acceptors (Lipinski definition) is 3. The van der Waals surface area contributed by atoms with Crippen LogP contribution in [-0.2, 0) is 0 Å². The molecule has 1 aromatic heterocycles. The second-order valence-corrected chi connectivity index (χ2v) is 7.25. The minimum Gasteiger partial charge on any atom is -0.355 e. The number of carbonyl (C=O) groups excluding carboxylic acids is 1. The van der Waals surface area contributed by atoms with Gasteiger partial charge >= 0.3 is 0 Å². The standard InChI is InChI=1S/C22H23FN4O/c1-15-3-2-4-17(13-15)22(28)24-19-9-11-27(12-10-19)21-14-20(25-26-21)16-5-7-18(23)8-6-16/h2-8,13-14,19H,9-12H2,1H3,(H,24,28)(H,25,26). The van der Waals surface area contributed by atoms with Gasteiger partial charge in [-0.25, -0.2) is 4.39 Å². The van der Waals surface area contributed by atoms with Crippen LogP contribution in [0.4, 0.5) is 10.2 Å². The number of H-pyrrole nitrogens is 1. The number of rotatable bonds is 4. The van der Waals surface area contributed by atoms with E-state index in [1.54, 1.807) is 12.1 Å². The van der Waals surface area contributed by atoms with Crippen molar-refractivity contribution in [1.82, 2.24) is 15.5 Å². The summed E-state index contributed by atoms with van der Waals surface area (Å²) in [5.41, 5.74) is 3.56. The minimum atomic E-state index is -0.252. The molecule has 1 amide bonds. The molecule has 0 radical (unpaired) electrons. The van der Waals surface area contributed by atoms with Gasteiger partial charge in [0.1, 0.15) is 5.82 Å². The lowest BCUT2D eigenvalue weighted by Crippen LogP contribution is -2.44. The molecule has 4 rings (SSSR count). The van der Waals surface area contributed by atoms with Gasteiger partial charge in [-0.15, -0.1) is 0 Å². The second kappa shape index (κ2) is 7.84. The topological polar surface area (TPSA) is 61.0 Å². The Hall–Kier alpha value is -3.15. The van der Waals surface area contributed by atoms with Crippen molar-refractivity contribution in [2.75, 3.05) is 18.0 Å². The Balaban J connectivity index is 1.34. The van der Waals surface area contributed by atoms with Gasteiger partial charge in [0, 0.05) is 30.8 Å². The number of aromatic nitrogens is 2. The Kier molecular flexibility index (Phi) is 5.10. The Morgan fingerprint density at radius 2 is 1.89 bits per heavy atom. The number of nitrogens with zero attached hydrogens (tertiary/aromatic N) is 2. The molecule has 2 aromatic carbocycles. The number of nitrogens with one attached hydrogen (secondary N) is 2. The van der Waals surface area contributed by atoms with Gasteiger partial charge in [0.25, 0.3) is 5.91 Å². The number of halogens is 1. The number of carbonyl (C=O) groups is 1. The van der Waals surface area contributed by atoms with E-state index in [1.807, 2.05) is 37.3 Å². The van der Waals surface area contributed by atoms with Crippen molar-refractivity contribution in [3.63, 3.8) is 0 Å². The molecule has 1 aliphatic rings. The van der Waals surface area contributed by atoms with E-state index in [9.17, 15) is 9.18 Å². The molecule has 0 aliphatic carbocycles. The lowest BCUT2D eigenvalue weighted by Gasteiger charge is -2.32. The molecule has 144 valence electrons. The molecule has 2 heterocycles. The van der Waals surface area contributed by atoms with Crippen LogP contribution in [0.25, 0.3) is 11.3 Å². The number of benzene rings is 2. The van der Waals surface area contributed by atoms with Crippen molar-refractivity contribution in [3.05, 3.63) is 71.5 Å². The predicted octanol–water partition coefficient (Wildman–Crippen LogP) is 3.92. The molecule has 1 fully saturated rings. The van der Waals surface area contributed by atoms with E-state index >= 15 is 0 Å². The van der Waals surface area contributed by atoms with E-state index in [0.717, 1.165) is 48.6 Å². The van der Waals surface area contributed by atoms with E-state index in [-0.39, 0.29) is 17.8 Å². The fraction of sp³-hybridized carbons (Fsp3) is 0.273. The SMILES string of the molecule is Cc1cccc(C(=O)NC2CCN(c3cc(-c4ccc(F)cc4)[nH]n3)CC2)c1. The Labute approximate surface area is 163 Å². The lowest BCUT2D eigenvalue weighted by molar-refractivity contribution is 0.0931. The first-order valence-electron chi connectivity index (χ1n) is 9.52. The summed E-state index contributed by atoms with van der Waals surface area (Å²) in [6.45, 7) is 3.64. The van der Waals surface area contributed by atoms with Crippen LogP contribution in [0.3, 0.4) is 0 Å². The second-order valence-electron chi connectivity index (χ2n) is 7.25. The van der Waals surface area contributed by atoms with Crippen molar-refractivity contribution in [1.29, 1.82) is 0 Å². The normalized spacial score (nSPS) is 14.9. The molecule has 6 heteroatoms. The fourth-order valence-corrected chi connectivity index (χ4v) is 3.56. The summed E-state index contributed by atoms with van der Waals surface area (Å²) >= 11 is 0. The number of anilines is 1. The van der Waals surface area contributed by atoms with Crippen molar-refractivity contribution in [2.45, 2.75) is 25.8 Å². The summed E-state index contributed by atoms with van der Waals surface area (Å²) in [7, 11) is 0. The highest BCUT2D eigenvalue weighted by Gasteiger charge is 2.23. The van der Waals surface area contributed by atoms with Crippen molar-refractivity contribution < 1.29 is 9.18 Å². The maximum absolute atomic E-state index is 13.1. The average molecular weight is 378 g/mol. The predicted molar refractivity (Wildman–Crippen MR) is 108 cm³/mol. The van der Waals surface area contributed by atoms with Gasteiger partial charge in [0.05, 0.1) is 5.69 Å². The van der Waals surface area contributed by atoms with E-state index in [1.165, 1.54) is 12.1 Å². The first kappa shape index (κ1) is 18.2. The quantitative estimate of drug-likeness (QED) is 0.723. The van der Waals surface area contributed by atoms with Crippen molar-refractivity contribution in [3.8, 4) is 11.3 Å². The van der Waals surface area contributed by atoms with Gasteiger partial charge in [0.2, 0.25) is 0 Å². The third-order valence-corrected chi connectivity index (χ3v) is 5.15. The third-order valence-electron chi connectivity index (χ3n) is 5.15. The molecule has 1 saturated heterocycles.